The molecule has 0 heterocycles. The van der Waals surface area contributed by atoms with E-state index in [2.05, 4.69) is 13.8 Å². The van der Waals surface area contributed by atoms with Gasteiger partial charge in [-0.05, 0) is 19.3 Å². The minimum atomic E-state index is -4.34. The standard InChI is InChI=1S/C40H85NO8P2/c1-6-8-10-12-14-16-18-20-22-24-26-28-30-32-35-46-38-40(39-48-51(44,45)47-36-34-41(3,4)5)49-50(42,43)37-33-31-29-27-25-23-21-19-17-15-13-11-9-7-2/h40H,6-39H2,1-5H3,(H-,42,43,44,45)/p+1/t40-/m1/s1. The molecule has 0 spiro atoms. The predicted molar refractivity (Wildman–Crippen MR) is 214 cm³/mol. The molecule has 0 amide bonds. The summed E-state index contributed by atoms with van der Waals surface area (Å²) in [5.74, 6) is 0. The SMILES string of the molecule is CCCCCCCCCCCCCCCCOC[C@H](CO[P+]([O-])(O)OCC[N+](C)(C)C)O[P+]([O-])(O)CCCCCCCCCCCCCCCC. The molecule has 0 bridgehead atoms. The third-order valence-electron chi connectivity index (χ3n) is 9.49. The van der Waals surface area contributed by atoms with E-state index in [-0.39, 0.29) is 26.0 Å². The molecule has 0 aliphatic carbocycles. The summed E-state index contributed by atoms with van der Waals surface area (Å²) < 4.78 is 22.3. The Bertz CT molecular complexity index is 727. The van der Waals surface area contributed by atoms with E-state index < -0.39 is 22.2 Å². The van der Waals surface area contributed by atoms with E-state index in [4.69, 9.17) is 18.3 Å². The van der Waals surface area contributed by atoms with Gasteiger partial charge in [-0.3, -0.25) is 0 Å². The van der Waals surface area contributed by atoms with Gasteiger partial charge in [0, 0.05) is 6.61 Å². The van der Waals surface area contributed by atoms with Crippen LogP contribution in [0.25, 0.3) is 0 Å². The maximum atomic E-state index is 13.0. The van der Waals surface area contributed by atoms with Crippen molar-refractivity contribution in [3.05, 3.63) is 0 Å². The summed E-state index contributed by atoms with van der Waals surface area (Å²) in [6.07, 6.45) is 34.0. The molecular weight excluding hydrogens is 684 g/mol. The first-order chi connectivity index (χ1) is 24.4. The van der Waals surface area contributed by atoms with Crippen LogP contribution in [0, 0.1) is 0 Å². The van der Waals surface area contributed by atoms with Crippen molar-refractivity contribution in [1.29, 1.82) is 0 Å². The van der Waals surface area contributed by atoms with Crippen LogP contribution in [0.1, 0.15) is 194 Å². The fourth-order valence-electron chi connectivity index (χ4n) is 6.16. The van der Waals surface area contributed by atoms with Gasteiger partial charge in [-0.25, -0.2) is 9.42 Å². The fraction of sp³-hybridized carbons (Fsp3) is 1.00. The Balaban J connectivity index is 4.34. The summed E-state index contributed by atoms with van der Waals surface area (Å²) in [5, 5.41) is 0. The van der Waals surface area contributed by atoms with Gasteiger partial charge in [0.25, 0.3) is 0 Å². The van der Waals surface area contributed by atoms with Crippen molar-refractivity contribution in [2.75, 3.05) is 60.3 Å². The van der Waals surface area contributed by atoms with Gasteiger partial charge in [0.15, 0.2) is 6.10 Å². The van der Waals surface area contributed by atoms with Gasteiger partial charge >= 0.3 is 8.17 Å². The minimum absolute atomic E-state index is 0.0145. The molecule has 51 heavy (non-hydrogen) atoms. The normalized spacial score (nSPS) is 15.2. The van der Waals surface area contributed by atoms with E-state index in [1.807, 2.05) is 21.1 Å². The van der Waals surface area contributed by atoms with Crippen LogP contribution in [0.4, 0.5) is 0 Å². The van der Waals surface area contributed by atoms with Gasteiger partial charge in [0.1, 0.15) is 25.9 Å². The average molecular weight is 771 g/mol. The number of quaternary nitrogens is 1. The zero-order valence-electron chi connectivity index (χ0n) is 34.3. The van der Waals surface area contributed by atoms with Crippen LogP contribution in [0.5, 0.6) is 0 Å². The lowest BCUT2D eigenvalue weighted by Gasteiger charge is -2.28. The molecule has 0 aromatic rings. The molecule has 2 unspecified atom stereocenters. The van der Waals surface area contributed by atoms with Crippen LogP contribution >= 0.6 is 16.1 Å². The second-order valence-electron chi connectivity index (χ2n) is 16.0. The molecular formula is C40H86NO8P2+. The lowest BCUT2D eigenvalue weighted by molar-refractivity contribution is -0.870. The van der Waals surface area contributed by atoms with Crippen molar-refractivity contribution in [2.45, 2.75) is 200 Å². The van der Waals surface area contributed by atoms with E-state index in [1.165, 1.54) is 141 Å². The molecule has 0 saturated carbocycles. The number of ether oxygens (including phenoxy) is 1. The van der Waals surface area contributed by atoms with Gasteiger partial charge in [-0.2, -0.15) is 13.9 Å². The van der Waals surface area contributed by atoms with Crippen LogP contribution in [-0.2, 0) is 18.3 Å². The van der Waals surface area contributed by atoms with Gasteiger partial charge in [-0.15, -0.1) is 0 Å². The van der Waals surface area contributed by atoms with Gasteiger partial charge in [0.2, 0.25) is 7.94 Å². The molecule has 2 N–H and O–H groups in total. The van der Waals surface area contributed by atoms with E-state index in [0.717, 1.165) is 32.1 Å². The van der Waals surface area contributed by atoms with Crippen molar-refractivity contribution >= 4 is 16.1 Å². The van der Waals surface area contributed by atoms with Crippen LogP contribution in [-0.4, -0.2) is 80.7 Å². The molecule has 3 atom stereocenters. The summed E-state index contributed by atoms with van der Waals surface area (Å²) in [5.41, 5.74) is 0. The summed E-state index contributed by atoms with van der Waals surface area (Å²) in [7, 11) is -2.39. The number of nitrogens with zero attached hydrogens (tertiary/aromatic N) is 1. The molecule has 0 aliphatic rings. The van der Waals surface area contributed by atoms with Crippen molar-refractivity contribution in [2.24, 2.45) is 0 Å². The molecule has 308 valence electrons. The first kappa shape index (κ1) is 51.5. The Labute approximate surface area is 317 Å². The third-order valence-corrected chi connectivity index (χ3v) is 12.0. The third kappa shape index (κ3) is 40.0. The Morgan fingerprint density at radius 2 is 0.863 bits per heavy atom. The molecule has 0 aromatic carbocycles. The van der Waals surface area contributed by atoms with Crippen LogP contribution in [0.3, 0.4) is 0 Å². The van der Waals surface area contributed by atoms with Crippen LogP contribution in [0.15, 0.2) is 0 Å². The number of hydrogen-bond donors (Lipinski definition) is 2. The Kier molecular flexibility index (Phi) is 35.3. The molecule has 0 rings (SSSR count). The lowest BCUT2D eigenvalue weighted by Crippen LogP contribution is -2.38. The predicted octanol–water partition coefficient (Wildman–Crippen LogP) is 10.2. The zero-order chi connectivity index (χ0) is 37.9. The summed E-state index contributed by atoms with van der Waals surface area (Å²) in [4.78, 5) is 46.3. The van der Waals surface area contributed by atoms with Crippen molar-refractivity contribution < 1.29 is 42.4 Å². The molecule has 0 aromatic heterocycles. The first-order valence-corrected chi connectivity index (χ1v) is 24.7. The lowest BCUT2D eigenvalue weighted by atomic mass is 10.0. The molecule has 0 fully saturated rings. The van der Waals surface area contributed by atoms with Gasteiger partial charge < -0.3 is 19.0 Å². The summed E-state index contributed by atoms with van der Waals surface area (Å²) in [6, 6.07) is 0. The van der Waals surface area contributed by atoms with E-state index in [0.29, 0.717) is 24.1 Å². The highest BCUT2D eigenvalue weighted by molar-refractivity contribution is 7.58. The Morgan fingerprint density at radius 3 is 1.25 bits per heavy atom. The number of phosphoric ester groups is 1. The van der Waals surface area contributed by atoms with Gasteiger partial charge in [-0.1, -0.05) is 174 Å². The second kappa shape index (κ2) is 35.0. The van der Waals surface area contributed by atoms with Crippen LogP contribution in [0.2, 0.25) is 0 Å². The smallest absolute Gasteiger partial charge is 0.377 e. The minimum Gasteiger partial charge on any atom is -0.632 e. The number of phosphoric acid groups is 1. The Morgan fingerprint density at radius 1 is 0.490 bits per heavy atom. The quantitative estimate of drug-likeness (QED) is 0.0358. The first-order valence-electron chi connectivity index (χ1n) is 21.4. The largest absolute Gasteiger partial charge is 0.632 e. The topological polar surface area (TPSA) is 124 Å². The number of hydrogen-bond acceptors (Lipinski definition) is 8. The highest BCUT2D eigenvalue weighted by Crippen LogP contribution is 2.51. The average Bonchev–Trinajstić information content (AvgIpc) is 3.06. The van der Waals surface area contributed by atoms with E-state index >= 15 is 0 Å². The summed E-state index contributed by atoms with van der Waals surface area (Å²) >= 11 is 0. The monoisotopic (exact) mass is 771 g/mol. The summed E-state index contributed by atoms with van der Waals surface area (Å²) in [6.45, 7) is 5.26. The molecule has 9 nitrogen and oxygen atoms in total. The Hall–Kier alpha value is 0.500. The number of likely N-dealkylation sites (N-methyl/N-ethyl adjacent to an activating group) is 1. The maximum Gasteiger partial charge on any atom is 0.377 e. The van der Waals surface area contributed by atoms with E-state index in [1.54, 1.807) is 0 Å². The highest BCUT2D eigenvalue weighted by Gasteiger charge is 2.35. The maximum absolute atomic E-state index is 13.0. The zero-order valence-corrected chi connectivity index (χ0v) is 36.1. The van der Waals surface area contributed by atoms with Crippen molar-refractivity contribution in [3.63, 3.8) is 0 Å². The fourth-order valence-corrected chi connectivity index (χ4v) is 8.22. The van der Waals surface area contributed by atoms with Crippen molar-refractivity contribution in [1.82, 2.24) is 0 Å². The molecule has 11 heteroatoms. The van der Waals surface area contributed by atoms with Crippen molar-refractivity contribution in [3.8, 4) is 0 Å². The van der Waals surface area contributed by atoms with E-state index in [9.17, 15) is 19.6 Å². The number of unbranched alkanes of at least 4 members (excludes halogenated alkanes) is 26. The number of rotatable bonds is 41. The molecule has 0 saturated heterocycles. The second-order valence-corrected chi connectivity index (χ2v) is 19.4. The highest BCUT2D eigenvalue weighted by atomic mass is 31.2. The molecule has 0 radical (unpaired) electrons. The van der Waals surface area contributed by atoms with Crippen LogP contribution < -0.4 is 9.79 Å². The van der Waals surface area contributed by atoms with Gasteiger partial charge in [0.05, 0.1) is 27.7 Å². The molecule has 0 aliphatic heterocycles.